The second-order valence-electron chi connectivity index (χ2n) is 6.08. The SMILES string of the molecule is CC1CC(C)CN(C(=O)CCCNC(=O)c2ccco2)C1. The Balaban J connectivity index is 1.66. The number of nitrogens with zero attached hydrogens (tertiary/aromatic N) is 1. The molecule has 2 atom stereocenters. The number of carbonyl (C=O) groups excluding carboxylic acids is 2. The first-order valence-corrected chi connectivity index (χ1v) is 7.65. The van der Waals surface area contributed by atoms with Crippen LogP contribution in [0.25, 0.3) is 0 Å². The van der Waals surface area contributed by atoms with Crippen molar-refractivity contribution in [3.8, 4) is 0 Å². The number of rotatable bonds is 5. The predicted molar refractivity (Wildman–Crippen MR) is 79.8 cm³/mol. The van der Waals surface area contributed by atoms with Gasteiger partial charge >= 0.3 is 0 Å². The van der Waals surface area contributed by atoms with E-state index in [-0.39, 0.29) is 11.8 Å². The average molecular weight is 292 g/mol. The first-order valence-electron chi connectivity index (χ1n) is 7.65. The van der Waals surface area contributed by atoms with E-state index in [4.69, 9.17) is 4.42 Å². The van der Waals surface area contributed by atoms with Crippen molar-refractivity contribution < 1.29 is 14.0 Å². The third kappa shape index (κ3) is 4.62. The molecule has 0 aliphatic carbocycles. The molecule has 0 spiro atoms. The van der Waals surface area contributed by atoms with Gasteiger partial charge in [-0.15, -0.1) is 0 Å². The lowest BCUT2D eigenvalue weighted by Gasteiger charge is -2.35. The molecule has 0 saturated carbocycles. The van der Waals surface area contributed by atoms with Crippen LogP contribution in [0.1, 0.15) is 43.7 Å². The topological polar surface area (TPSA) is 62.6 Å². The van der Waals surface area contributed by atoms with Gasteiger partial charge in [-0.1, -0.05) is 13.8 Å². The van der Waals surface area contributed by atoms with Crippen molar-refractivity contribution in [2.45, 2.75) is 33.1 Å². The van der Waals surface area contributed by atoms with Gasteiger partial charge in [-0.05, 0) is 36.8 Å². The molecule has 0 bridgehead atoms. The first-order chi connectivity index (χ1) is 10.1. The van der Waals surface area contributed by atoms with E-state index in [2.05, 4.69) is 19.2 Å². The number of hydrogen-bond acceptors (Lipinski definition) is 3. The van der Waals surface area contributed by atoms with Gasteiger partial charge in [0.2, 0.25) is 5.91 Å². The van der Waals surface area contributed by atoms with Crippen LogP contribution in [-0.2, 0) is 4.79 Å². The predicted octanol–water partition coefficient (Wildman–Crippen LogP) is 2.29. The highest BCUT2D eigenvalue weighted by atomic mass is 16.3. The van der Waals surface area contributed by atoms with Crippen LogP contribution in [0.4, 0.5) is 0 Å². The Hall–Kier alpha value is -1.78. The van der Waals surface area contributed by atoms with Crippen molar-refractivity contribution in [2.24, 2.45) is 11.8 Å². The van der Waals surface area contributed by atoms with Gasteiger partial charge in [0.05, 0.1) is 6.26 Å². The van der Waals surface area contributed by atoms with E-state index in [9.17, 15) is 9.59 Å². The quantitative estimate of drug-likeness (QED) is 0.847. The Morgan fingerprint density at radius 2 is 2.05 bits per heavy atom. The zero-order valence-electron chi connectivity index (χ0n) is 12.8. The lowest BCUT2D eigenvalue weighted by Crippen LogP contribution is -2.42. The molecule has 21 heavy (non-hydrogen) atoms. The second kappa shape index (κ2) is 7.29. The number of carbonyl (C=O) groups is 2. The van der Waals surface area contributed by atoms with E-state index >= 15 is 0 Å². The lowest BCUT2D eigenvalue weighted by atomic mass is 9.91. The van der Waals surface area contributed by atoms with Gasteiger partial charge in [0.1, 0.15) is 0 Å². The molecule has 0 radical (unpaired) electrons. The molecular formula is C16H24N2O3. The summed E-state index contributed by atoms with van der Waals surface area (Å²) in [4.78, 5) is 25.8. The van der Waals surface area contributed by atoms with Crippen LogP contribution >= 0.6 is 0 Å². The molecule has 116 valence electrons. The van der Waals surface area contributed by atoms with E-state index in [1.54, 1.807) is 12.1 Å². The van der Waals surface area contributed by atoms with E-state index in [0.717, 1.165) is 13.1 Å². The molecule has 2 unspecified atom stereocenters. The van der Waals surface area contributed by atoms with Gasteiger partial charge in [0.15, 0.2) is 5.76 Å². The van der Waals surface area contributed by atoms with Gasteiger partial charge in [-0.25, -0.2) is 0 Å². The fourth-order valence-electron chi connectivity index (χ4n) is 2.96. The van der Waals surface area contributed by atoms with Gasteiger partial charge < -0.3 is 14.6 Å². The monoisotopic (exact) mass is 292 g/mol. The smallest absolute Gasteiger partial charge is 0.286 e. The molecule has 1 N–H and O–H groups in total. The summed E-state index contributed by atoms with van der Waals surface area (Å²) in [5.74, 6) is 1.43. The summed E-state index contributed by atoms with van der Waals surface area (Å²) < 4.78 is 5.00. The molecule has 1 aromatic heterocycles. The van der Waals surface area contributed by atoms with E-state index in [0.29, 0.717) is 37.0 Å². The van der Waals surface area contributed by atoms with Crippen LogP contribution in [0.15, 0.2) is 22.8 Å². The van der Waals surface area contributed by atoms with E-state index < -0.39 is 0 Å². The Labute approximate surface area is 125 Å². The second-order valence-corrected chi connectivity index (χ2v) is 6.08. The maximum absolute atomic E-state index is 12.2. The Bertz CT molecular complexity index is 460. The Kier molecular flexibility index (Phi) is 5.42. The Morgan fingerprint density at radius 1 is 1.33 bits per heavy atom. The van der Waals surface area contributed by atoms with Crippen LogP contribution in [0.2, 0.25) is 0 Å². The van der Waals surface area contributed by atoms with Gasteiger partial charge in [0.25, 0.3) is 5.91 Å². The lowest BCUT2D eigenvalue weighted by molar-refractivity contribution is -0.133. The minimum Gasteiger partial charge on any atom is -0.459 e. The van der Waals surface area contributed by atoms with Crippen LogP contribution < -0.4 is 5.32 Å². The maximum Gasteiger partial charge on any atom is 0.286 e. The molecule has 2 amide bonds. The van der Waals surface area contributed by atoms with Crippen molar-refractivity contribution in [1.82, 2.24) is 10.2 Å². The number of likely N-dealkylation sites (tertiary alicyclic amines) is 1. The van der Waals surface area contributed by atoms with Crippen molar-refractivity contribution in [3.63, 3.8) is 0 Å². The van der Waals surface area contributed by atoms with E-state index in [1.807, 2.05) is 4.90 Å². The molecule has 1 aliphatic rings. The number of amides is 2. The van der Waals surface area contributed by atoms with Gasteiger partial charge in [0, 0.05) is 26.1 Å². The van der Waals surface area contributed by atoms with Crippen molar-refractivity contribution in [1.29, 1.82) is 0 Å². The summed E-state index contributed by atoms with van der Waals surface area (Å²) in [5, 5.41) is 2.76. The number of hydrogen-bond donors (Lipinski definition) is 1. The molecule has 0 aromatic carbocycles. The number of piperidine rings is 1. The summed E-state index contributed by atoms with van der Waals surface area (Å²) in [6.45, 7) is 6.60. The molecule has 2 rings (SSSR count). The molecule has 1 aromatic rings. The minimum absolute atomic E-state index is 0.195. The van der Waals surface area contributed by atoms with Crippen LogP contribution in [0, 0.1) is 11.8 Å². The number of nitrogens with one attached hydrogen (secondary N) is 1. The maximum atomic E-state index is 12.2. The molecular weight excluding hydrogens is 268 g/mol. The third-order valence-electron chi connectivity index (χ3n) is 3.82. The Morgan fingerprint density at radius 3 is 2.67 bits per heavy atom. The third-order valence-corrected chi connectivity index (χ3v) is 3.82. The van der Waals surface area contributed by atoms with Crippen molar-refractivity contribution in [2.75, 3.05) is 19.6 Å². The normalized spacial score (nSPS) is 22.1. The highest BCUT2D eigenvalue weighted by Gasteiger charge is 2.24. The molecule has 1 saturated heterocycles. The van der Waals surface area contributed by atoms with Crippen LogP contribution in [-0.4, -0.2) is 36.3 Å². The highest BCUT2D eigenvalue weighted by molar-refractivity contribution is 5.91. The minimum atomic E-state index is -0.229. The van der Waals surface area contributed by atoms with Crippen LogP contribution in [0.5, 0.6) is 0 Å². The average Bonchev–Trinajstić information content (AvgIpc) is 2.96. The van der Waals surface area contributed by atoms with Crippen LogP contribution in [0.3, 0.4) is 0 Å². The summed E-state index contributed by atoms with van der Waals surface area (Å²) >= 11 is 0. The fraction of sp³-hybridized carbons (Fsp3) is 0.625. The van der Waals surface area contributed by atoms with Crippen molar-refractivity contribution >= 4 is 11.8 Å². The molecule has 5 heteroatoms. The largest absolute Gasteiger partial charge is 0.459 e. The van der Waals surface area contributed by atoms with Gasteiger partial charge in [-0.3, -0.25) is 9.59 Å². The highest BCUT2D eigenvalue weighted by Crippen LogP contribution is 2.21. The van der Waals surface area contributed by atoms with Crippen molar-refractivity contribution in [3.05, 3.63) is 24.2 Å². The standard InChI is InChI=1S/C16H24N2O3/c1-12-9-13(2)11-18(10-12)15(19)6-3-7-17-16(20)14-5-4-8-21-14/h4-5,8,12-13H,3,6-7,9-11H2,1-2H3,(H,17,20). The molecule has 5 nitrogen and oxygen atoms in total. The number of furan rings is 1. The zero-order chi connectivity index (χ0) is 15.2. The molecule has 1 aliphatic heterocycles. The zero-order valence-corrected chi connectivity index (χ0v) is 12.8. The summed E-state index contributed by atoms with van der Waals surface area (Å²) in [7, 11) is 0. The van der Waals surface area contributed by atoms with Gasteiger partial charge in [-0.2, -0.15) is 0 Å². The molecule has 2 heterocycles. The fourth-order valence-corrected chi connectivity index (χ4v) is 2.96. The summed E-state index contributed by atoms with van der Waals surface area (Å²) in [6, 6.07) is 3.30. The molecule has 1 fully saturated rings. The summed E-state index contributed by atoms with van der Waals surface area (Å²) in [5.41, 5.74) is 0. The summed E-state index contributed by atoms with van der Waals surface area (Å²) in [6.07, 6.45) is 3.81. The van der Waals surface area contributed by atoms with E-state index in [1.165, 1.54) is 12.7 Å². The first kappa shape index (κ1) is 15.6.